The molecule has 0 nitrogen and oxygen atoms in total. The van der Waals surface area contributed by atoms with E-state index < -0.39 is 5.82 Å². The molecule has 81 valence electrons. The second-order valence-electron chi connectivity index (χ2n) is 3.15. The Morgan fingerprint density at radius 2 is 1.81 bits per heavy atom. The van der Waals surface area contributed by atoms with Crippen LogP contribution in [0.5, 0.6) is 0 Å². The van der Waals surface area contributed by atoms with Gasteiger partial charge in [-0.3, -0.25) is 0 Å². The van der Waals surface area contributed by atoms with E-state index in [1.54, 1.807) is 18.2 Å². The van der Waals surface area contributed by atoms with E-state index in [0.717, 1.165) is 5.56 Å². The van der Waals surface area contributed by atoms with Gasteiger partial charge in [-0.25, -0.2) is 4.39 Å². The first-order chi connectivity index (χ1) is 7.59. The first-order valence-corrected chi connectivity index (χ1v) is 5.54. The minimum atomic E-state index is -0.655. The van der Waals surface area contributed by atoms with Crippen molar-refractivity contribution in [3.05, 3.63) is 57.3 Å². The number of benzene rings is 2. The maximum Gasteiger partial charge on any atom is 0.151 e. The first kappa shape index (κ1) is 11.7. The van der Waals surface area contributed by atoms with Crippen LogP contribution >= 0.6 is 34.8 Å². The van der Waals surface area contributed by atoms with Gasteiger partial charge in [0.1, 0.15) is 0 Å². The fourth-order valence-electron chi connectivity index (χ4n) is 1.34. The Bertz CT molecular complexity index is 538. The molecule has 4 heteroatoms. The van der Waals surface area contributed by atoms with Gasteiger partial charge >= 0.3 is 0 Å². The molecule has 2 rings (SSSR count). The summed E-state index contributed by atoms with van der Waals surface area (Å²) in [6.45, 7) is 0. The maximum atomic E-state index is 13.1. The first-order valence-electron chi connectivity index (χ1n) is 4.40. The van der Waals surface area contributed by atoms with E-state index in [4.69, 9.17) is 34.8 Å². The summed E-state index contributed by atoms with van der Waals surface area (Å²) in [6, 6.07) is 10.9. The Morgan fingerprint density at radius 1 is 1.06 bits per heavy atom. The molecule has 0 fully saturated rings. The lowest BCUT2D eigenvalue weighted by Gasteiger charge is -2.06. The van der Waals surface area contributed by atoms with Crippen LogP contribution in [0.2, 0.25) is 15.1 Å². The largest absolute Gasteiger partial charge is 0.205 e. The Kier molecular flexibility index (Phi) is 3.38. The molecule has 0 saturated carbocycles. The summed E-state index contributed by atoms with van der Waals surface area (Å²) in [5.41, 5.74) is 1.38. The topological polar surface area (TPSA) is 0 Å². The molecule has 0 aliphatic heterocycles. The van der Waals surface area contributed by atoms with Crippen LogP contribution in [0.15, 0.2) is 30.3 Å². The molecule has 0 aliphatic rings. The molecule has 0 bridgehead atoms. The van der Waals surface area contributed by atoms with Crippen molar-refractivity contribution < 1.29 is 4.39 Å². The minimum Gasteiger partial charge on any atom is -0.205 e. The molecule has 0 spiro atoms. The van der Waals surface area contributed by atoms with Crippen molar-refractivity contribution in [3.8, 4) is 11.1 Å². The van der Waals surface area contributed by atoms with Gasteiger partial charge in [0.15, 0.2) is 5.82 Å². The van der Waals surface area contributed by atoms with Crippen LogP contribution in [0.25, 0.3) is 11.1 Å². The lowest BCUT2D eigenvalue weighted by molar-refractivity contribution is 0.626. The molecule has 0 unspecified atom stereocenters. The zero-order chi connectivity index (χ0) is 11.7. The van der Waals surface area contributed by atoms with Crippen LogP contribution in [0.1, 0.15) is 0 Å². The summed E-state index contributed by atoms with van der Waals surface area (Å²) >= 11 is 17.5. The van der Waals surface area contributed by atoms with Crippen molar-refractivity contribution in [3.63, 3.8) is 0 Å². The average Bonchev–Trinajstić information content (AvgIpc) is 2.26. The Labute approximate surface area is 108 Å². The summed E-state index contributed by atoms with van der Waals surface area (Å²) in [7, 11) is 0. The van der Waals surface area contributed by atoms with Gasteiger partial charge in [0.25, 0.3) is 0 Å². The van der Waals surface area contributed by atoms with Crippen LogP contribution in [0, 0.1) is 11.9 Å². The molecular weight excluding hydrogens is 269 g/mol. The third-order valence-corrected chi connectivity index (χ3v) is 3.18. The molecule has 0 atom stereocenters. The zero-order valence-corrected chi connectivity index (χ0v) is 10.2. The monoisotopic (exact) mass is 273 g/mol. The number of halogens is 4. The van der Waals surface area contributed by atoms with E-state index in [1.165, 1.54) is 6.07 Å². The van der Waals surface area contributed by atoms with E-state index in [9.17, 15) is 4.39 Å². The predicted molar refractivity (Wildman–Crippen MR) is 65.7 cm³/mol. The van der Waals surface area contributed by atoms with Gasteiger partial charge < -0.3 is 0 Å². The third kappa shape index (κ3) is 2.17. The van der Waals surface area contributed by atoms with E-state index in [-0.39, 0.29) is 10.0 Å². The molecular formula is C12H5Cl3F. The molecule has 0 aliphatic carbocycles. The molecule has 0 saturated heterocycles. The van der Waals surface area contributed by atoms with Crippen molar-refractivity contribution in [2.75, 3.05) is 0 Å². The summed E-state index contributed by atoms with van der Waals surface area (Å²) in [5.74, 6) is -0.655. The molecule has 0 aromatic heterocycles. The molecule has 0 amide bonds. The summed E-state index contributed by atoms with van der Waals surface area (Å²) in [5, 5.41) is 0.619. The van der Waals surface area contributed by atoms with Crippen molar-refractivity contribution >= 4 is 34.8 Å². The third-order valence-electron chi connectivity index (χ3n) is 2.10. The molecule has 2 aromatic carbocycles. The van der Waals surface area contributed by atoms with E-state index >= 15 is 0 Å². The maximum absolute atomic E-state index is 13.1. The molecule has 0 heterocycles. The van der Waals surface area contributed by atoms with Gasteiger partial charge in [-0.2, -0.15) is 0 Å². The predicted octanol–water partition coefficient (Wildman–Crippen LogP) is 5.25. The number of hydrogen-bond donors (Lipinski definition) is 0. The highest BCUT2D eigenvalue weighted by atomic mass is 35.5. The van der Waals surface area contributed by atoms with Gasteiger partial charge in [-0.1, -0.05) is 46.9 Å². The molecule has 1 radical (unpaired) electrons. The highest BCUT2D eigenvalue weighted by molar-refractivity contribution is 6.43. The van der Waals surface area contributed by atoms with Gasteiger partial charge in [-0.05, 0) is 23.8 Å². The Hall–Kier alpha value is -0.760. The summed E-state index contributed by atoms with van der Waals surface area (Å²) in [4.78, 5) is 0. The molecule has 16 heavy (non-hydrogen) atoms. The van der Waals surface area contributed by atoms with Crippen LogP contribution in [-0.2, 0) is 0 Å². The van der Waals surface area contributed by atoms with Gasteiger partial charge in [0.05, 0.1) is 10.0 Å². The van der Waals surface area contributed by atoms with Gasteiger partial charge in [0.2, 0.25) is 0 Å². The zero-order valence-electron chi connectivity index (χ0n) is 7.90. The number of hydrogen-bond acceptors (Lipinski definition) is 0. The average molecular weight is 275 g/mol. The Morgan fingerprint density at radius 3 is 2.50 bits per heavy atom. The van der Waals surface area contributed by atoms with Gasteiger partial charge in [-0.15, -0.1) is 0 Å². The van der Waals surface area contributed by atoms with E-state index in [2.05, 4.69) is 6.07 Å². The van der Waals surface area contributed by atoms with Crippen LogP contribution < -0.4 is 0 Å². The lowest BCUT2D eigenvalue weighted by atomic mass is 10.1. The highest BCUT2D eigenvalue weighted by Crippen LogP contribution is 2.35. The van der Waals surface area contributed by atoms with Crippen molar-refractivity contribution in [1.82, 2.24) is 0 Å². The van der Waals surface area contributed by atoms with Crippen molar-refractivity contribution in [2.24, 2.45) is 0 Å². The van der Waals surface area contributed by atoms with Crippen molar-refractivity contribution in [1.29, 1.82) is 0 Å². The SMILES string of the molecule is Fc1[c]cc(-c2cccc(Cl)c2)c(Cl)c1Cl. The van der Waals surface area contributed by atoms with Gasteiger partial charge in [0, 0.05) is 16.7 Å². The number of rotatable bonds is 1. The minimum absolute atomic E-state index is 0.126. The molecule has 0 N–H and O–H groups in total. The van der Waals surface area contributed by atoms with Crippen molar-refractivity contribution in [2.45, 2.75) is 0 Å². The van der Waals surface area contributed by atoms with Crippen LogP contribution in [0.3, 0.4) is 0 Å². The fourth-order valence-corrected chi connectivity index (χ4v) is 1.94. The van der Waals surface area contributed by atoms with E-state index in [1.807, 2.05) is 6.07 Å². The lowest BCUT2D eigenvalue weighted by Crippen LogP contribution is -1.85. The smallest absolute Gasteiger partial charge is 0.151 e. The standard InChI is InChI=1S/C12H5Cl3F/c13-8-3-1-2-7(6-8)9-4-5-10(16)12(15)11(9)14/h1-4,6H. The van der Waals surface area contributed by atoms with Crippen LogP contribution in [0.4, 0.5) is 4.39 Å². The Balaban J connectivity index is 2.61. The summed E-state index contributed by atoms with van der Waals surface area (Å²) in [6.07, 6.45) is 0. The second kappa shape index (κ2) is 4.62. The second-order valence-corrected chi connectivity index (χ2v) is 4.35. The fraction of sp³-hybridized carbons (Fsp3) is 0. The molecule has 2 aromatic rings. The van der Waals surface area contributed by atoms with Crippen LogP contribution in [-0.4, -0.2) is 0 Å². The van der Waals surface area contributed by atoms with E-state index in [0.29, 0.717) is 10.6 Å². The quantitative estimate of drug-likeness (QED) is 0.623. The summed E-state index contributed by atoms with van der Waals surface area (Å²) < 4.78 is 13.1. The normalized spacial score (nSPS) is 10.5. The highest BCUT2D eigenvalue weighted by Gasteiger charge is 2.11.